The number of nitrogens with zero attached hydrogens (tertiary/aromatic N) is 1. The number of ether oxygens (including phenoxy) is 2. The number of aromatic hydroxyl groups is 1. The summed E-state index contributed by atoms with van der Waals surface area (Å²) in [6.45, 7) is 5.09. The van der Waals surface area contributed by atoms with E-state index in [0.717, 1.165) is 6.42 Å². The molecule has 31 heavy (non-hydrogen) atoms. The highest BCUT2D eigenvalue weighted by molar-refractivity contribution is 7.89. The van der Waals surface area contributed by atoms with Crippen LogP contribution in [0.3, 0.4) is 0 Å². The van der Waals surface area contributed by atoms with E-state index in [2.05, 4.69) is 5.32 Å². The summed E-state index contributed by atoms with van der Waals surface area (Å²) in [5.41, 5.74) is 0.608. The van der Waals surface area contributed by atoms with Crippen molar-refractivity contribution in [1.82, 2.24) is 4.31 Å². The van der Waals surface area contributed by atoms with E-state index in [0.29, 0.717) is 48.4 Å². The molecule has 1 heterocycles. The number of hydrogen-bond acceptors (Lipinski definition) is 6. The van der Waals surface area contributed by atoms with Crippen molar-refractivity contribution in [2.45, 2.75) is 31.6 Å². The average molecular weight is 469 g/mol. The molecule has 0 fully saturated rings. The lowest BCUT2D eigenvalue weighted by Crippen LogP contribution is -2.30. The maximum atomic E-state index is 12.7. The lowest BCUT2D eigenvalue weighted by molar-refractivity contribution is -0.115. The van der Waals surface area contributed by atoms with Crippen molar-refractivity contribution in [3.63, 3.8) is 0 Å². The molecule has 0 spiro atoms. The standard InChI is InChI=1S/C21H25ClN2O6S/c1-3-24(4-2)31(27,28)15-6-7-18(25)17(13-15)23-20(26)12-14-10-16(22)21-19(11-14)29-8-5-9-30-21/h6-7,10-11,13,25H,3-5,8-9,12H2,1-2H3,(H,23,26). The number of hydrogen-bond donors (Lipinski definition) is 2. The Hall–Kier alpha value is -2.49. The van der Waals surface area contributed by atoms with Gasteiger partial charge in [0.2, 0.25) is 15.9 Å². The van der Waals surface area contributed by atoms with E-state index >= 15 is 0 Å². The molecule has 168 valence electrons. The molecule has 0 aromatic heterocycles. The van der Waals surface area contributed by atoms with Gasteiger partial charge in [0, 0.05) is 19.5 Å². The minimum absolute atomic E-state index is 0.0112. The van der Waals surface area contributed by atoms with Gasteiger partial charge < -0.3 is 19.9 Å². The number of nitrogens with one attached hydrogen (secondary N) is 1. The maximum Gasteiger partial charge on any atom is 0.243 e. The number of phenolic OH excluding ortho intramolecular Hbond substituents is 1. The van der Waals surface area contributed by atoms with Gasteiger partial charge in [-0.1, -0.05) is 25.4 Å². The summed E-state index contributed by atoms with van der Waals surface area (Å²) in [7, 11) is -3.73. The first-order valence-electron chi connectivity index (χ1n) is 9.97. The zero-order valence-corrected chi connectivity index (χ0v) is 18.9. The van der Waals surface area contributed by atoms with Crippen LogP contribution in [0.25, 0.3) is 0 Å². The molecule has 1 amide bonds. The molecule has 1 aliphatic heterocycles. The second kappa shape index (κ2) is 9.76. The Bertz CT molecular complexity index is 1070. The van der Waals surface area contributed by atoms with Gasteiger partial charge in [0.1, 0.15) is 5.75 Å². The zero-order chi connectivity index (χ0) is 22.6. The molecule has 2 aromatic rings. The van der Waals surface area contributed by atoms with E-state index in [1.165, 1.54) is 22.5 Å². The fourth-order valence-corrected chi connectivity index (χ4v) is 5.03. The minimum atomic E-state index is -3.73. The highest BCUT2D eigenvalue weighted by atomic mass is 35.5. The fourth-order valence-electron chi connectivity index (χ4n) is 3.25. The number of carbonyl (C=O) groups is 1. The molecular weight excluding hydrogens is 444 g/mol. The molecule has 0 radical (unpaired) electrons. The van der Waals surface area contributed by atoms with Gasteiger partial charge in [-0.15, -0.1) is 0 Å². The molecule has 10 heteroatoms. The Kier molecular flexibility index (Phi) is 7.30. The van der Waals surface area contributed by atoms with E-state index in [9.17, 15) is 18.3 Å². The predicted octanol–water partition coefficient (Wildman–Crippen LogP) is 3.42. The van der Waals surface area contributed by atoms with Crippen molar-refractivity contribution in [3.8, 4) is 17.2 Å². The molecule has 2 N–H and O–H groups in total. The second-order valence-corrected chi connectivity index (χ2v) is 9.29. The molecule has 2 aromatic carbocycles. The van der Waals surface area contributed by atoms with Crippen molar-refractivity contribution in [3.05, 3.63) is 40.9 Å². The van der Waals surface area contributed by atoms with Crippen molar-refractivity contribution < 1.29 is 27.8 Å². The summed E-state index contributed by atoms with van der Waals surface area (Å²) in [5, 5.41) is 13.0. The molecule has 0 bridgehead atoms. The van der Waals surface area contributed by atoms with Crippen LogP contribution in [0.5, 0.6) is 17.2 Å². The summed E-state index contributed by atoms with van der Waals surface area (Å²) in [6, 6.07) is 7.11. The summed E-state index contributed by atoms with van der Waals surface area (Å²) in [5.74, 6) is 0.250. The minimum Gasteiger partial charge on any atom is -0.506 e. The van der Waals surface area contributed by atoms with Gasteiger partial charge in [0.25, 0.3) is 0 Å². The quantitative estimate of drug-likeness (QED) is 0.603. The van der Waals surface area contributed by atoms with Crippen molar-refractivity contribution in [2.24, 2.45) is 0 Å². The number of anilines is 1. The molecule has 3 rings (SSSR count). The van der Waals surface area contributed by atoms with Gasteiger partial charge in [-0.3, -0.25) is 4.79 Å². The molecule has 0 unspecified atom stereocenters. The topological polar surface area (TPSA) is 105 Å². The summed E-state index contributed by atoms with van der Waals surface area (Å²) in [6.07, 6.45) is 0.676. The van der Waals surface area contributed by atoms with E-state index in [-0.39, 0.29) is 22.8 Å². The number of rotatable bonds is 7. The normalized spacial score (nSPS) is 13.7. The number of sulfonamides is 1. The van der Waals surface area contributed by atoms with E-state index in [4.69, 9.17) is 21.1 Å². The number of phenols is 1. The van der Waals surface area contributed by atoms with Crippen LogP contribution in [0.4, 0.5) is 5.69 Å². The summed E-state index contributed by atoms with van der Waals surface area (Å²) >= 11 is 6.27. The third-order valence-corrected chi connectivity index (χ3v) is 7.14. The first-order chi connectivity index (χ1) is 14.8. The lowest BCUT2D eigenvalue weighted by Gasteiger charge is -2.19. The Morgan fingerprint density at radius 3 is 2.58 bits per heavy atom. The molecule has 1 aliphatic rings. The fraction of sp³-hybridized carbons (Fsp3) is 0.381. The van der Waals surface area contributed by atoms with Crippen LogP contribution in [0.15, 0.2) is 35.2 Å². The van der Waals surface area contributed by atoms with Crippen LogP contribution in [0.1, 0.15) is 25.8 Å². The maximum absolute atomic E-state index is 12.7. The Balaban J connectivity index is 1.80. The van der Waals surface area contributed by atoms with Gasteiger partial charge >= 0.3 is 0 Å². The second-order valence-electron chi connectivity index (χ2n) is 6.95. The largest absolute Gasteiger partial charge is 0.506 e. The average Bonchev–Trinajstić information content (AvgIpc) is 2.96. The highest BCUT2D eigenvalue weighted by Crippen LogP contribution is 2.38. The van der Waals surface area contributed by atoms with Gasteiger partial charge in [0.05, 0.1) is 35.2 Å². The van der Waals surface area contributed by atoms with Gasteiger partial charge in [0.15, 0.2) is 11.5 Å². The summed E-state index contributed by atoms with van der Waals surface area (Å²) < 4.78 is 38.0. The van der Waals surface area contributed by atoms with Crippen LogP contribution in [-0.2, 0) is 21.2 Å². The molecule has 0 aliphatic carbocycles. The SMILES string of the molecule is CCN(CC)S(=O)(=O)c1ccc(O)c(NC(=O)Cc2cc(Cl)c3c(c2)OCCCO3)c1. The van der Waals surface area contributed by atoms with Crippen LogP contribution in [0, 0.1) is 0 Å². The van der Waals surface area contributed by atoms with Gasteiger partial charge in [-0.2, -0.15) is 4.31 Å². The Morgan fingerprint density at radius 1 is 1.16 bits per heavy atom. The van der Waals surface area contributed by atoms with Crippen molar-refractivity contribution in [2.75, 3.05) is 31.6 Å². The third-order valence-electron chi connectivity index (χ3n) is 4.81. The van der Waals surface area contributed by atoms with Crippen LogP contribution in [-0.4, -0.2) is 50.0 Å². The first-order valence-corrected chi connectivity index (χ1v) is 11.8. The van der Waals surface area contributed by atoms with E-state index in [1.807, 2.05) is 0 Å². The number of fused-ring (bicyclic) bond motifs is 1. The Morgan fingerprint density at radius 2 is 1.87 bits per heavy atom. The number of amides is 1. The molecule has 0 saturated carbocycles. The third kappa shape index (κ3) is 5.23. The zero-order valence-electron chi connectivity index (χ0n) is 17.4. The number of halogens is 1. The smallest absolute Gasteiger partial charge is 0.243 e. The molecule has 0 atom stereocenters. The van der Waals surface area contributed by atoms with Crippen LogP contribution >= 0.6 is 11.6 Å². The van der Waals surface area contributed by atoms with Crippen LogP contribution in [0.2, 0.25) is 5.02 Å². The predicted molar refractivity (Wildman–Crippen MR) is 118 cm³/mol. The molecular formula is C21H25ClN2O6S. The Labute approximate surface area is 186 Å². The highest BCUT2D eigenvalue weighted by Gasteiger charge is 2.23. The summed E-state index contributed by atoms with van der Waals surface area (Å²) in [4.78, 5) is 12.6. The first kappa shape index (κ1) is 23.2. The molecule has 0 saturated heterocycles. The van der Waals surface area contributed by atoms with Crippen molar-refractivity contribution in [1.29, 1.82) is 0 Å². The number of benzene rings is 2. The molecule has 8 nitrogen and oxygen atoms in total. The lowest BCUT2D eigenvalue weighted by atomic mass is 10.1. The van der Waals surface area contributed by atoms with E-state index < -0.39 is 15.9 Å². The van der Waals surface area contributed by atoms with Gasteiger partial charge in [-0.05, 0) is 35.9 Å². The monoisotopic (exact) mass is 468 g/mol. The van der Waals surface area contributed by atoms with Gasteiger partial charge in [-0.25, -0.2) is 8.42 Å². The number of carbonyl (C=O) groups excluding carboxylic acids is 1. The van der Waals surface area contributed by atoms with Crippen LogP contribution < -0.4 is 14.8 Å². The van der Waals surface area contributed by atoms with Crippen molar-refractivity contribution >= 4 is 33.2 Å². The van der Waals surface area contributed by atoms with E-state index in [1.54, 1.807) is 26.0 Å².